The molecule has 0 unspecified atom stereocenters. The lowest BCUT2D eigenvalue weighted by atomic mass is 10.3. The van der Waals surface area contributed by atoms with Gasteiger partial charge in [0, 0.05) is 22.9 Å². The van der Waals surface area contributed by atoms with Crippen LogP contribution in [0.5, 0.6) is 0 Å². The van der Waals surface area contributed by atoms with E-state index in [9.17, 15) is 0 Å². The van der Waals surface area contributed by atoms with Gasteiger partial charge in [0.2, 0.25) is 0 Å². The van der Waals surface area contributed by atoms with Crippen LogP contribution in [-0.2, 0) is 0 Å². The van der Waals surface area contributed by atoms with Crippen molar-refractivity contribution in [2.75, 3.05) is 17.6 Å². The molecule has 1 heterocycles. The van der Waals surface area contributed by atoms with Crippen molar-refractivity contribution in [3.8, 4) is 0 Å². The molecule has 1 aliphatic rings. The van der Waals surface area contributed by atoms with E-state index in [0.29, 0.717) is 0 Å². The van der Waals surface area contributed by atoms with Crippen LogP contribution in [0.1, 0.15) is 0 Å². The summed E-state index contributed by atoms with van der Waals surface area (Å²) in [5.41, 5.74) is 1.29. The summed E-state index contributed by atoms with van der Waals surface area (Å²) in [7, 11) is 0. The van der Waals surface area contributed by atoms with Gasteiger partial charge in [0.15, 0.2) is 0 Å². The summed E-state index contributed by atoms with van der Waals surface area (Å²) in [4.78, 5) is 1.38. The molecule has 0 saturated heterocycles. The Morgan fingerprint density at radius 3 is 2.91 bits per heavy atom. The molecule has 0 fully saturated rings. The number of hydrogen-bond donors (Lipinski definition) is 1. The van der Waals surface area contributed by atoms with E-state index in [4.69, 9.17) is 0 Å². The number of benzene rings is 1. The molecular formula is C8H10ClNS. The van der Waals surface area contributed by atoms with Gasteiger partial charge >= 0.3 is 0 Å². The van der Waals surface area contributed by atoms with E-state index in [1.807, 2.05) is 11.8 Å². The van der Waals surface area contributed by atoms with E-state index < -0.39 is 0 Å². The number of hydrogen-bond acceptors (Lipinski definition) is 2. The SMILES string of the molecule is Cl.c1ccc2c(c1)NCCS2. The molecule has 1 aliphatic heterocycles. The summed E-state index contributed by atoms with van der Waals surface area (Å²) in [5.74, 6) is 1.19. The standard InChI is InChI=1S/C8H9NS.ClH/c1-2-4-8-7(3-1)9-5-6-10-8;/h1-4,9H,5-6H2;1H. The maximum absolute atomic E-state index is 3.34. The minimum absolute atomic E-state index is 0. The van der Waals surface area contributed by atoms with Crippen LogP contribution >= 0.6 is 24.2 Å². The number of thioether (sulfide) groups is 1. The molecule has 0 radical (unpaired) electrons. The first-order valence-corrected chi connectivity index (χ1v) is 4.41. The summed E-state index contributed by atoms with van der Waals surface area (Å²) in [5, 5.41) is 3.34. The Balaban J connectivity index is 0.000000605. The molecule has 0 spiro atoms. The minimum Gasteiger partial charge on any atom is -0.383 e. The molecule has 3 heteroatoms. The third-order valence-electron chi connectivity index (χ3n) is 1.56. The van der Waals surface area contributed by atoms with Gasteiger partial charge in [-0.1, -0.05) is 12.1 Å². The monoisotopic (exact) mass is 187 g/mol. The maximum Gasteiger partial charge on any atom is 0.0478 e. The van der Waals surface area contributed by atoms with Crippen LogP contribution in [0, 0.1) is 0 Å². The van der Waals surface area contributed by atoms with Gasteiger partial charge in [-0.2, -0.15) is 0 Å². The number of fused-ring (bicyclic) bond motifs is 1. The lowest BCUT2D eigenvalue weighted by Crippen LogP contribution is -2.09. The summed E-state index contributed by atoms with van der Waals surface area (Å²) in [6.07, 6.45) is 0. The predicted octanol–water partition coefficient (Wildman–Crippen LogP) is 2.63. The molecule has 0 aromatic heterocycles. The Bertz CT molecular complexity index is 214. The zero-order chi connectivity index (χ0) is 6.81. The number of rotatable bonds is 0. The number of para-hydroxylation sites is 1. The van der Waals surface area contributed by atoms with E-state index in [-0.39, 0.29) is 12.4 Å². The number of anilines is 1. The third-order valence-corrected chi connectivity index (χ3v) is 2.64. The second-order valence-corrected chi connectivity index (χ2v) is 3.41. The van der Waals surface area contributed by atoms with Crippen LogP contribution in [-0.4, -0.2) is 12.3 Å². The van der Waals surface area contributed by atoms with Gasteiger partial charge < -0.3 is 5.32 Å². The first-order chi connectivity index (χ1) is 4.97. The van der Waals surface area contributed by atoms with E-state index in [1.54, 1.807) is 0 Å². The maximum atomic E-state index is 3.34. The third kappa shape index (κ3) is 1.82. The first kappa shape index (κ1) is 8.75. The van der Waals surface area contributed by atoms with Gasteiger partial charge in [0.25, 0.3) is 0 Å². The average Bonchev–Trinajstić information content (AvgIpc) is 2.05. The van der Waals surface area contributed by atoms with Crippen molar-refractivity contribution >= 4 is 29.9 Å². The van der Waals surface area contributed by atoms with Crippen molar-refractivity contribution < 1.29 is 0 Å². The van der Waals surface area contributed by atoms with Gasteiger partial charge in [0.05, 0.1) is 0 Å². The average molecular weight is 188 g/mol. The van der Waals surface area contributed by atoms with Gasteiger partial charge in [-0.25, -0.2) is 0 Å². The molecule has 1 nitrogen and oxygen atoms in total. The summed E-state index contributed by atoms with van der Waals surface area (Å²) in [6.45, 7) is 1.10. The van der Waals surface area contributed by atoms with Gasteiger partial charge in [-0.05, 0) is 12.1 Å². The van der Waals surface area contributed by atoms with Crippen molar-refractivity contribution in [1.82, 2.24) is 0 Å². The van der Waals surface area contributed by atoms with Crippen LogP contribution in [0.4, 0.5) is 5.69 Å². The first-order valence-electron chi connectivity index (χ1n) is 3.42. The van der Waals surface area contributed by atoms with E-state index in [0.717, 1.165) is 6.54 Å². The lowest BCUT2D eigenvalue weighted by Gasteiger charge is -2.16. The lowest BCUT2D eigenvalue weighted by molar-refractivity contribution is 1.17. The van der Waals surface area contributed by atoms with E-state index >= 15 is 0 Å². The highest BCUT2D eigenvalue weighted by Gasteiger charge is 2.05. The fourth-order valence-electron chi connectivity index (χ4n) is 1.09. The fourth-order valence-corrected chi connectivity index (χ4v) is 1.98. The highest BCUT2D eigenvalue weighted by atomic mass is 35.5. The summed E-state index contributed by atoms with van der Waals surface area (Å²) in [6, 6.07) is 8.43. The topological polar surface area (TPSA) is 12.0 Å². The zero-order valence-electron chi connectivity index (χ0n) is 6.04. The molecule has 0 aliphatic carbocycles. The van der Waals surface area contributed by atoms with Crippen LogP contribution in [0.2, 0.25) is 0 Å². The Labute approximate surface area is 77.0 Å². The highest BCUT2D eigenvalue weighted by molar-refractivity contribution is 7.99. The smallest absolute Gasteiger partial charge is 0.0478 e. The normalized spacial score (nSPS) is 14.2. The second kappa shape index (κ2) is 3.88. The number of halogens is 1. The molecule has 0 amide bonds. The van der Waals surface area contributed by atoms with E-state index in [1.165, 1.54) is 16.3 Å². The van der Waals surface area contributed by atoms with Crippen molar-refractivity contribution in [2.45, 2.75) is 4.90 Å². The van der Waals surface area contributed by atoms with Crippen LogP contribution in [0.15, 0.2) is 29.2 Å². The van der Waals surface area contributed by atoms with Crippen LogP contribution in [0.3, 0.4) is 0 Å². The number of nitrogens with one attached hydrogen (secondary N) is 1. The van der Waals surface area contributed by atoms with Crippen molar-refractivity contribution in [3.05, 3.63) is 24.3 Å². The molecule has 0 atom stereocenters. The Kier molecular flexibility index (Phi) is 3.09. The Morgan fingerprint density at radius 1 is 1.27 bits per heavy atom. The van der Waals surface area contributed by atoms with Crippen molar-refractivity contribution in [2.24, 2.45) is 0 Å². The van der Waals surface area contributed by atoms with E-state index in [2.05, 4.69) is 29.6 Å². The second-order valence-electron chi connectivity index (χ2n) is 2.27. The van der Waals surface area contributed by atoms with Crippen LogP contribution < -0.4 is 5.32 Å². The van der Waals surface area contributed by atoms with Gasteiger partial charge in [0.1, 0.15) is 0 Å². The zero-order valence-corrected chi connectivity index (χ0v) is 7.67. The fraction of sp³-hybridized carbons (Fsp3) is 0.250. The van der Waals surface area contributed by atoms with Gasteiger partial charge in [-0.15, -0.1) is 24.2 Å². The molecular weight excluding hydrogens is 178 g/mol. The quantitative estimate of drug-likeness (QED) is 0.670. The van der Waals surface area contributed by atoms with Crippen LogP contribution in [0.25, 0.3) is 0 Å². The minimum atomic E-state index is 0. The highest BCUT2D eigenvalue weighted by Crippen LogP contribution is 2.29. The summed E-state index contributed by atoms with van der Waals surface area (Å²) < 4.78 is 0. The van der Waals surface area contributed by atoms with Gasteiger partial charge in [-0.3, -0.25) is 0 Å². The molecule has 0 saturated carbocycles. The molecule has 1 aromatic carbocycles. The molecule has 2 rings (SSSR count). The molecule has 0 bridgehead atoms. The molecule has 1 aromatic rings. The largest absolute Gasteiger partial charge is 0.383 e. The summed E-state index contributed by atoms with van der Waals surface area (Å²) >= 11 is 1.93. The molecule has 60 valence electrons. The van der Waals surface area contributed by atoms with Crippen molar-refractivity contribution in [3.63, 3.8) is 0 Å². The van der Waals surface area contributed by atoms with Crippen molar-refractivity contribution in [1.29, 1.82) is 0 Å². The molecule has 1 N–H and O–H groups in total. The molecule has 11 heavy (non-hydrogen) atoms. The Morgan fingerprint density at radius 2 is 2.09 bits per heavy atom. The Hall–Kier alpha value is -0.340. The predicted molar refractivity (Wildman–Crippen MR) is 52.9 cm³/mol.